The van der Waals surface area contributed by atoms with E-state index < -0.39 is 0 Å². The Morgan fingerprint density at radius 3 is 2.67 bits per heavy atom. The van der Waals surface area contributed by atoms with E-state index in [9.17, 15) is 4.79 Å². The topological polar surface area (TPSA) is 61.0 Å². The maximum atomic E-state index is 12.7. The van der Waals surface area contributed by atoms with Crippen LogP contribution in [-0.2, 0) is 6.42 Å². The highest BCUT2D eigenvalue weighted by Crippen LogP contribution is 2.40. The van der Waals surface area contributed by atoms with Gasteiger partial charge in [-0.05, 0) is 48.3 Å². The number of aromatic amines is 1. The molecule has 1 aliphatic carbocycles. The van der Waals surface area contributed by atoms with E-state index in [-0.39, 0.29) is 6.03 Å². The second-order valence-electron chi connectivity index (χ2n) is 8.63. The van der Waals surface area contributed by atoms with Gasteiger partial charge >= 0.3 is 6.03 Å². The standard InChI is InChI=1S/C25H28N4O/c30-25(28-24-15-23(24)20-6-2-1-3-7-20)29-11-9-18(10-12-29)13-19-5-4-8-21(14-19)22-16-26-27-17-22/h1-8,14,16-18,23-24H,9-13,15H2,(H,26,27)(H,28,30)/t23-,24?/m0/s1. The highest BCUT2D eigenvalue weighted by atomic mass is 16.2. The fourth-order valence-electron chi connectivity index (χ4n) is 4.63. The maximum absolute atomic E-state index is 12.7. The zero-order chi connectivity index (χ0) is 20.3. The number of hydrogen-bond acceptors (Lipinski definition) is 2. The van der Waals surface area contributed by atoms with Crippen molar-refractivity contribution >= 4 is 6.03 Å². The van der Waals surface area contributed by atoms with Crippen LogP contribution in [0, 0.1) is 5.92 Å². The van der Waals surface area contributed by atoms with E-state index in [4.69, 9.17) is 0 Å². The van der Waals surface area contributed by atoms with Gasteiger partial charge < -0.3 is 10.2 Å². The van der Waals surface area contributed by atoms with Crippen LogP contribution in [0.1, 0.15) is 36.3 Å². The fraction of sp³-hybridized carbons (Fsp3) is 0.360. The molecule has 5 nitrogen and oxygen atoms in total. The largest absolute Gasteiger partial charge is 0.335 e. The van der Waals surface area contributed by atoms with Gasteiger partial charge in [0.1, 0.15) is 0 Å². The molecule has 0 spiro atoms. The summed E-state index contributed by atoms with van der Waals surface area (Å²) in [6, 6.07) is 19.6. The summed E-state index contributed by atoms with van der Waals surface area (Å²) < 4.78 is 0. The van der Waals surface area contributed by atoms with Crippen LogP contribution in [0.4, 0.5) is 4.79 Å². The molecule has 30 heavy (non-hydrogen) atoms. The molecular formula is C25H28N4O. The number of nitrogens with zero attached hydrogens (tertiary/aromatic N) is 2. The van der Waals surface area contributed by atoms with Crippen molar-refractivity contribution in [3.63, 3.8) is 0 Å². The van der Waals surface area contributed by atoms with Gasteiger partial charge in [0.15, 0.2) is 0 Å². The van der Waals surface area contributed by atoms with Crippen molar-refractivity contribution in [1.82, 2.24) is 20.4 Å². The predicted molar refractivity (Wildman–Crippen MR) is 118 cm³/mol. The average Bonchev–Trinajstić information content (AvgIpc) is 3.32. The quantitative estimate of drug-likeness (QED) is 0.658. The minimum Gasteiger partial charge on any atom is -0.335 e. The van der Waals surface area contributed by atoms with E-state index in [2.05, 4.69) is 64.0 Å². The minimum atomic E-state index is 0.110. The number of carbonyl (C=O) groups excluding carboxylic acids is 1. The summed E-state index contributed by atoms with van der Waals surface area (Å²) in [6.07, 6.45) is 8.04. The number of piperidine rings is 1. The minimum absolute atomic E-state index is 0.110. The van der Waals surface area contributed by atoms with Crippen LogP contribution in [0.2, 0.25) is 0 Å². The predicted octanol–water partition coefficient (Wildman–Crippen LogP) is 4.60. The molecule has 154 valence electrons. The Balaban J connectivity index is 1.10. The first-order valence-corrected chi connectivity index (χ1v) is 10.9. The molecule has 3 aromatic rings. The Hall–Kier alpha value is -3.08. The molecule has 2 aliphatic rings. The zero-order valence-corrected chi connectivity index (χ0v) is 17.1. The van der Waals surface area contributed by atoms with Crippen molar-refractivity contribution in [2.45, 2.75) is 37.6 Å². The van der Waals surface area contributed by atoms with Crippen LogP contribution in [0.15, 0.2) is 67.0 Å². The summed E-state index contributed by atoms with van der Waals surface area (Å²) in [6.45, 7) is 1.70. The van der Waals surface area contributed by atoms with Gasteiger partial charge in [-0.1, -0.05) is 54.6 Å². The van der Waals surface area contributed by atoms with Crippen LogP contribution in [0.3, 0.4) is 0 Å². The Bertz CT molecular complexity index is 977. The lowest BCUT2D eigenvalue weighted by Crippen LogP contribution is -2.45. The van der Waals surface area contributed by atoms with E-state index in [1.165, 1.54) is 16.7 Å². The molecule has 1 unspecified atom stereocenters. The molecule has 1 saturated carbocycles. The highest BCUT2D eigenvalue weighted by molar-refractivity contribution is 5.75. The Kier molecular flexibility index (Phi) is 5.26. The van der Waals surface area contributed by atoms with Crippen LogP contribution in [0.25, 0.3) is 11.1 Å². The number of hydrogen-bond donors (Lipinski definition) is 2. The number of carbonyl (C=O) groups is 1. The molecule has 2 aromatic carbocycles. The van der Waals surface area contributed by atoms with E-state index in [0.29, 0.717) is 17.9 Å². The molecule has 0 bridgehead atoms. The lowest BCUT2D eigenvalue weighted by atomic mass is 9.89. The summed E-state index contributed by atoms with van der Waals surface area (Å²) in [4.78, 5) is 14.7. The van der Waals surface area contributed by atoms with E-state index in [1.54, 1.807) is 0 Å². The first-order chi connectivity index (χ1) is 14.8. The summed E-state index contributed by atoms with van der Waals surface area (Å²) >= 11 is 0. The SMILES string of the molecule is O=C(NC1C[C@H]1c1ccccc1)N1CCC(Cc2cccc(-c3cn[nH]c3)c2)CC1. The van der Waals surface area contributed by atoms with Gasteiger partial charge in [-0.15, -0.1) is 0 Å². The van der Waals surface area contributed by atoms with E-state index in [0.717, 1.165) is 44.3 Å². The average molecular weight is 401 g/mol. The first kappa shape index (κ1) is 18.9. The lowest BCUT2D eigenvalue weighted by molar-refractivity contribution is 0.170. The molecular weight excluding hydrogens is 372 g/mol. The van der Waals surface area contributed by atoms with Gasteiger partial charge in [-0.25, -0.2) is 4.79 Å². The molecule has 2 N–H and O–H groups in total. The molecule has 2 fully saturated rings. The van der Waals surface area contributed by atoms with Gasteiger partial charge in [-0.2, -0.15) is 5.10 Å². The Morgan fingerprint density at radius 2 is 1.90 bits per heavy atom. The third-order valence-electron chi connectivity index (χ3n) is 6.51. The van der Waals surface area contributed by atoms with Crippen molar-refractivity contribution in [1.29, 1.82) is 0 Å². The summed E-state index contributed by atoms with van der Waals surface area (Å²) in [7, 11) is 0. The molecule has 2 atom stereocenters. The molecule has 1 aliphatic heterocycles. The van der Waals surface area contributed by atoms with Gasteiger partial charge in [0.2, 0.25) is 0 Å². The summed E-state index contributed by atoms with van der Waals surface area (Å²) in [5.74, 6) is 1.11. The Labute approximate surface area is 177 Å². The monoisotopic (exact) mass is 400 g/mol. The third-order valence-corrected chi connectivity index (χ3v) is 6.51. The van der Waals surface area contributed by atoms with Gasteiger partial charge in [-0.3, -0.25) is 5.10 Å². The van der Waals surface area contributed by atoms with Gasteiger partial charge in [0.05, 0.1) is 6.20 Å². The molecule has 0 radical (unpaired) electrons. The second kappa shape index (κ2) is 8.34. The molecule has 1 saturated heterocycles. The highest BCUT2D eigenvalue weighted by Gasteiger charge is 2.40. The Morgan fingerprint density at radius 1 is 1.07 bits per heavy atom. The smallest absolute Gasteiger partial charge is 0.317 e. The summed E-state index contributed by atoms with van der Waals surface area (Å²) in [5, 5.41) is 10.2. The van der Waals surface area contributed by atoms with Crippen LogP contribution < -0.4 is 5.32 Å². The van der Waals surface area contributed by atoms with Crippen molar-refractivity contribution in [3.05, 3.63) is 78.1 Å². The molecule has 2 amide bonds. The number of rotatable bonds is 5. The number of nitrogens with one attached hydrogen (secondary N) is 2. The maximum Gasteiger partial charge on any atom is 0.317 e. The molecule has 1 aromatic heterocycles. The number of urea groups is 1. The van der Waals surface area contributed by atoms with E-state index in [1.807, 2.05) is 23.4 Å². The fourth-order valence-corrected chi connectivity index (χ4v) is 4.63. The van der Waals surface area contributed by atoms with Crippen molar-refractivity contribution < 1.29 is 4.79 Å². The molecule has 5 heteroatoms. The van der Waals surface area contributed by atoms with Gasteiger partial charge in [0, 0.05) is 36.8 Å². The summed E-state index contributed by atoms with van der Waals surface area (Å²) in [5.41, 5.74) is 5.02. The van der Waals surface area contributed by atoms with Crippen molar-refractivity contribution in [2.24, 2.45) is 5.92 Å². The lowest BCUT2D eigenvalue weighted by Gasteiger charge is -2.32. The van der Waals surface area contributed by atoms with Crippen LogP contribution in [0.5, 0.6) is 0 Å². The van der Waals surface area contributed by atoms with Crippen molar-refractivity contribution in [2.75, 3.05) is 13.1 Å². The normalized spacial score (nSPS) is 21.4. The number of benzene rings is 2. The van der Waals surface area contributed by atoms with Gasteiger partial charge in [0.25, 0.3) is 0 Å². The number of amides is 2. The van der Waals surface area contributed by atoms with E-state index >= 15 is 0 Å². The van der Waals surface area contributed by atoms with Crippen LogP contribution >= 0.6 is 0 Å². The zero-order valence-electron chi connectivity index (χ0n) is 17.1. The third kappa shape index (κ3) is 4.25. The number of likely N-dealkylation sites (tertiary alicyclic amines) is 1. The first-order valence-electron chi connectivity index (χ1n) is 10.9. The molecule has 5 rings (SSSR count). The number of aromatic nitrogens is 2. The second-order valence-corrected chi connectivity index (χ2v) is 8.63. The number of H-pyrrole nitrogens is 1. The molecule has 2 heterocycles. The van der Waals surface area contributed by atoms with Crippen molar-refractivity contribution in [3.8, 4) is 11.1 Å². The van der Waals surface area contributed by atoms with Crippen LogP contribution in [-0.4, -0.2) is 40.3 Å².